The van der Waals surface area contributed by atoms with Crippen molar-refractivity contribution in [2.24, 2.45) is 5.92 Å². The number of hydrogen-bond donors (Lipinski definition) is 0. The van der Waals surface area contributed by atoms with Crippen LogP contribution in [0, 0.1) is 5.92 Å². The molecule has 0 heteroatoms. The summed E-state index contributed by atoms with van der Waals surface area (Å²) in [7, 11) is 0. The van der Waals surface area contributed by atoms with Gasteiger partial charge in [0.15, 0.2) is 0 Å². The maximum Gasteiger partial charge on any atom is 0 e. The van der Waals surface area contributed by atoms with Crippen LogP contribution >= 0.6 is 0 Å². The minimum absolute atomic E-state index is 0.494. The summed E-state index contributed by atoms with van der Waals surface area (Å²) >= 11 is 0. The molecule has 34 heavy (non-hydrogen) atoms. The number of rotatable bonds is 5. The lowest BCUT2D eigenvalue weighted by Crippen LogP contribution is -1.94. The fourth-order valence-corrected chi connectivity index (χ4v) is 1.84. The topological polar surface area (TPSA) is 0 Å². The van der Waals surface area contributed by atoms with Gasteiger partial charge in [0.05, 0.1) is 0 Å². The fraction of sp³-hybridized carbons (Fsp3) is 0.235. The predicted molar refractivity (Wildman–Crippen MR) is 132 cm³/mol. The largest absolute Gasteiger partial charge is 0.0687 e. The third kappa shape index (κ3) is 21.2. The van der Waals surface area contributed by atoms with Crippen molar-refractivity contribution in [3.63, 3.8) is 0 Å². The molecule has 0 aromatic rings. The van der Waals surface area contributed by atoms with Gasteiger partial charge in [-0.2, -0.15) is 0 Å². The van der Waals surface area contributed by atoms with E-state index >= 15 is 0 Å². The average Bonchev–Trinajstić information content (AvgIpc) is 2.84. The first-order chi connectivity index (χ1) is 16.7. The van der Waals surface area contributed by atoms with Gasteiger partial charge >= 0.3 is 0 Å². The minimum atomic E-state index is 0.494. The van der Waals surface area contributed by atoms with Crippen LogP contribution in [0.3, 0.4) is 0 Å². The van der Waals surface area contributed by atoms with Gasteiger partial charge in [-0.05, 0) is 123 Å². The number of hydrogen-bond acceptors (Lipinski definition) is 0. The van der Waals surface area contributed by atoms with Gasteiger partial charge in [-0.3, -0.25) is 0 Å². The highest BCUT2D eigenvalue weighted by atomic mass is 14.1. The Morgan fingerprint density at radius 3 is 1.18 bits per heavy atom. The molecule has 1 atom stereocenters. The Kier molecular flexibility index (Phi) is 19.9. The molecule has 0 aromatic carbocycles. The molecule has 0 aromatic heterocycles. The van der Waals surface area contributed by atoms with Crippen LogP contribution in [0.5, 0.6) is 0 Å². The van der Waals surface area contributed by atoms with Crippen LogP contribution in [0.4, 0.5) is 0 Å². The lowest BCUT2D eigenvalue weighted by Gasteiger charge is -2.08. The van der Waals surface area contributed by atoms with Gasteiger partial charge in [0.2, 0.25) is 0 Å². The Labute approximate surface area is 202 Å². The highest BCUT2D eigenvalue weighted by Crippen LogP contribution is 2.16. The fourth-order valence-electron chi connectivity index (χ4n) is 1.84. The summed E-state index contributed by atoms with van der Waals surface area (Å²) < 4.78 is 0. The van der Waals surface area contributed by atoms with E-state index in [4.69, 9.17) is 0 Å². The van der Waals surface area contributed by atoms with Crippen molar-refractivity contribution in [1.29, 1.82) is 0 Å². The molecule has 0 spiro atoms. The minimum Gasteiger partial charge on any atom is -0.0687 e. The lowest BCUT2D eigenvalue weighted by atomic mass is 9.97. The normalized spacial score (nSPS) is 6.68. The van der Waals surface area contributed by atoms with Gasteiger partial charge in [0.25, 0.3) is 0 Å². The van der Waals surface area contributed by atoms with Crippen LogP contribution in [0.15, 0.2) is 150 Å². The van der Waals surface area contributed by atoms with Gasteiger partial charge in [-0.15, -0.1) is 0 Å². The third-order valence-electron chi connectivity index (χ3n) is 3.64. The third-order valence-corrected chi connectivity index (χ3v) is 3.64. The van der Waals surface area contributed by atoms with Crippen LogP contribution in [-0.2, 0) is 0 Å². The maximum absolute atomic E-state index is 3.32. The summed E-state index contributed by atoms with van der Waals surface area (Å²) in [6.07, 6.45) is 4.90. The standard InChI is InChI=1S/C34H20/c1-5-7-9-10-11-12-13-14-15-16-17-18-19-20-21-22-23-24-25-26-27-28-30-32-34(4)33(3)31-29-8-6-2/h33H,1,6,8,29,31H2,2-4H3/t33-/m0/s1. The van der Waals surface area contributed by atoms with E-state index in [9.17, 15) is 0 Å². The average molecular weight is 429 g/mol. The van der Waals surface area contributed by atoms with E-state index in [0.29, 0.717) is 5.92 Å². The van der Waals surface area contributed by atoms with Gasteiger partial charge in [-0.25, -0.2) is 0 Å². The monoisotopic (exact) mass is 428 g/mol. The summed E-state index contributed by atoms with van der Waals surface area (Å²) in [4.78, 5) is 0. The summed E-state index contributed by atoms with van der Waals surface area (Å²) in [5, 5.41) is 0. The molecule has 0 radical (unpaired) electrons. The van der Waals surface area contributed by atoms with Crippen molar-refractivity contribution >= 4 is 0 Å². The van der Waals surface area contributed by atoms with E-state index in [2.05, 4.69) is 165 Å². The Hall–Kier alpha value is -5.54. The first-order valence-corrected chi connectivity index (χ1v) is 10.3. The molecule has 0 unspecified atom stereocenters. The van der Waals surface area contributed by atoms with Gasteiger partial charge in [0.1, 0.15) is 0 Å². The second kappa shape index (κ2) is 23.7. The lowest BCUT2D eigenvalue weighted by molar-refractivity contribution is 0.555. The van der Waals surface area contributed by atoms with Gasteiger partial charge in [0, 0.05) is 34.4 Å². The molecular weight excluding hydrogens is 408 g/mol. The maximum atomic E-state index is 3.32. The number of allylic oxidation sites excluding steroid dienone is 1. The molecule has 0 amide bonds. The van der Waals surface area contributed by atoms with E-state index in [1.807, 2.05) is 0 Å². The van der Waals surface area contributed by atoms with E-state index in [1.165, 1.54) is 25.7 Å². The number of unbranched alkanes of at least 4 members (excludes halogenated alkanes) is 2. The smallest absolute Gasteiger partial charge is 0 e. The molecule has 0 saturated heterocycles. The molecular formula is C34H20. The summed E-state index contributed by atoms with van der Waals surface area (Å²) in [6.45, 7) is 9.78. The Morgan fingerprint density at radius 1 is 0.529 bits per heavy atom. The van der Waals surface area contributed by atoms with E-state index in [-0.39, 0.29) is 0 Å². The first-order valence-electron chi connectivity index (χ1n) is 10.3. The molecule has 0 aliphatic rings. The molecule has 0 nitrogen and oxygen atoms in total. The summed E-state index contributed by atoms with van der Waals surface area (Å²) in [5.74, 6) is 0.494. The van der Waals surface area contributed by atoms with Crippen molar-refractivity contribution in [3.05, 3.63) is 150 Å². The highest BCUT2D eigenvalue weighted by molar-refractivity contribution is 5.02. The van der Waals surface area contributed by atoms with Crippen LogP contribution in [-0.4, -0.2) is 0 Å². The van der Waals surface area contributed by atoms with Gasteiger partial charge in [-0.1, -0.05) is 44.6 Å². The SMILES string of the molecule is C=C=C=C=C=C=C=C=C=C=C=C=C=C=C=C=C=C=C=C=C=C=C=C=C=C(C)[C@@H](C)CCCCC. The zero-order chi connectivity index (χ0) is 25.0. The second-order valence-electron chi connectivity index (χ2n) is 6.13. The molecule has 0 heterocycles. The quantitative estimate of drug-likeness (QED) is 0.314. The summed E-state index contributed by atoms with van der Waals surface area (Å²) in [6, 6.07) is 0. The van der Waals surface area contributed by atoms with Crippen LogP contribution < -0.4 is 0 Å². The van der Waals surface area contributed by atoms with E-state index in [1.54, 1.807) is 0 Å². The van der Waals surface area contributed by atoms with Crippen molar-refractivity contribution in [3.8, 4) is 0 Å². The Morgan fingerprint density at radius 2 is 0.853 bits per heavy atom. The zero-order valence-corrected chi connectivity index (χ0v) is 19.6. The van der Waals surface area contributed by atoms with Crippen LogP contribution in [0.1, 0.15) is 46.5 Å². The van der Waals surface area contributed by atoms with E-state index < -0.39 is 0 Å². The molecule has 0 aliphatic carbocycles. The Balaban J connectivity index is 5.73. The van der Waals surface area contributed by atoms with Crippen molar-refractivity contribution < 1.29 is 0 Å². The molecule has 0 saturated carbocycles. The molecule has 0 aliphatic heterocycles. The van der Waals surface area contributed by atoms with E-state index in [0.717, 1.165) is 5.57 Å². The van der Waals surface area contributed by atoms with Gasteiger partial charge < -0.3 is 0 Å². The zero-order valence-electron chi connectivity index (χ0n) is 19.6. The molecule has 0 bridgehead atoms. The van der Waals surface area contributed by atoms with Crippen molar-refractivity contribution in [1.82, 2.24) is 0 Å². The van der Waals surface area contributed by atoms with Crippen molar-refractivity contribution in [2.75, 3.05) is 0 Å². The summed E-state index contributed by atoms with van der Waals surface area (Å²) in [5.41, 5.74) is 62.8. The van der Waals surface area contributed by atoms with Crippen molar-refractivity contribution in [2.45, 2.75) is 46.5 Å². The van der Waals surface area contributed by atoms with Crippen LogP contribution in [0.2, 0.25) is 0 Å². The van der Waals surface area contributed by atoms with Crippen LogP contribution in [0.25, 0.3) is 0 Å². The molecule has 0 N–H and O–H groups in total. The molecule has 156 valence electrons. The molecule has 0 fully saturated rings. The molecule has 0 rings (SSSR count). The predicted octanol–water partition coefficient (Wildman–Crippen LogP) is 7.50. The highest BCUT2D eigenvalue weighted by Gasteiger charge is 2.02. The Bertz CT molecular complexity index is 1680. The first kappa shape index (κ1) is 28.5. The second-order valence-corrected chi connectivity index (χ2v) is 6.13.